The van der Waals surface area contributed by atoms with Crippen LogP contribution in [0.3, 0.4) is 0 Å². The van der Waals surface area contributed by atoms with Gasteiger partial charge in [0, 0.05) is 38.3 Å². The van der Waals surface area contributed by atoms with E-state index in [1.807, 2.05) is 58.8 Å². The monoisotopic (exact) mass is 507 g/mol. The van der Waals surface area contributed by atoms with E-state index in [0.717, 1.165) is 29.2 Å². The summed E-state index contributed by atoms with van der Waals surface area (Å²) in [5.74, 6) is 1.82. The summed E-state index contributed by atoms with van der Waals surface area (Å²) in [5.41, 5.74) is 1.73. The average molecular weight is 508 g/mol. The van der Waals surface area contributed by atoms with Crippen LogP contribution in [-0.4, -0.2) is 78.2 Å². The molecule has 2 amide bonds. The van der Waals surface area contributed by atoms with Crippen LogP contribution >= 0.6 is 11.3 Å². The van der Waals surface area contributed by atoms with Crippen LogP contribution in [0.4, 0.5) is 5.82 Å². The number of anilines is 1. The first-order valence-corrected chi connectivity index (χ1v) is 13.2. The molecule has 36 heavy (non-hydrogen) atoms. The van der Waals surface area contributed by atoms with Gasteiger partial charge >= 0.3 is 0 Å². The maximum atomic E-state index is 13.1. The van der Waals surface area contributed by atoms with Gasteiger partial charge in [0.15, 0.2) is 5.82 Å². The highest BCUT2D eigenvalue weighted by atomic mass is 32.1. The molecule has 1 saturated heterocycles. The van der Waals surface area contributed by atoms with Crippen molar-refractivity contribution in [2.24, 2.45) is 5.92 Å². The molecular formula is C27H33N5O3S. The first-order valence-electron chi connectivity index (χ1n) is 12.3. The Morgan fingerprint density at radius 1 is 1.08 bits per heavy atom. The fraction of sp³-hybridized carbons (Fsp3) is 0.407. The van der Waals surface area contributed by atoms with E-state index >= 15 is 0 Å². The summed E-state index contributed by atoms with van der Waals surface area (Å²) in [5, 5.41) is 10.7. The van der Waals surface area contributed by atoms with Crippen LogP contribution in [0.25, 0.3) is 11.3 Å². The first-order chi connectivity index (χ1) is 17.5. The van der Waals surface area contributed by atoms with Gasteiger partial charge in [-0.3, -0.25) is 9.59 Å². The fourth-order valence-electron chi connectivity index (χ4n) is 4.16. The van der Waals surface area contributed by atoms with Gasteiger partial charge in [0.25, 0.3) is 5.91 Å². The molecular weight excluding hydrogens is 474 g/mol. The predicted octanol–water partition coefficient (Wildman–Crippen LogP) is 4.05. The average Bonchev–Trinajstić information content (AvgIpc) is 3.47. The Morgan fingerprint density at radius 2 is 1.89 bits per heavy atom. The lowest BCUT2D eigenvalue weighted by molar-refractivity contribution is -0.132. The number of nitrogens with zero attached hydrogens (tertiary/aromatic N) is 5. The third kappa shape index (κ3) is 6.20. The van der Waals surface area contributed by atoms with Crippen molar-refractivity contribution >= 4 is 29.0 Å². The van der Waals surface area contributed by atoms with Crippen LogP contribution in [0.1, 0.15) is 29.9 Å². The minimum atomic E-state index is -0.0660. The summed E-state index contributed by atoms with van der Waals surface area (Å²) in [7, 11) is 1.64. The molecule has 1 fully saturated rings. The number of carbonyl (C=O) groups excluding carboxylic acids is 2. The highest BCUT2D eigenvalue weighted by Gasteiger charge is 2.27. The van der Waals surface area contributed by atoms with Gasteiger partial charge in [-0.15, -0.1) is 21.5 Å². The molecule has 0 saturated carbocycles. The Bertz CT molecular complexity index is 1140. The van der Waals surface area contributed by atoms with Gasteiger partial charge < -0.3 is 19.4 Å². The standard InChI is InChI=1S/C27H33N5O3S/c1-4-20(2)18-32(27(34)24-9-6-16-36-24)19-26(33)31-14-12-30(13-15-31)25-11-10-23(28-29-25)21-7-5-8-22(17-21)35-3/h5-11,16-17,20H,4,12-15,18-19H2,1-3H3/t20-/m1/s1. The van der Waals surface area contributed by atoms with E-state index in [-0.39, 0.29) is 18.4 Å². The van der Waals surface area contributed by atoms with Gasteiger partial charge in [0.05, 0.1) is 17.7 Å². The molecule has 2 aromatic heterocycles. The summed E-state index contributed by atoms with van der Waals surface area (Å²) in [6.45, 7) is 7.41. The molecule has 0 bridgehead atoms. The summed E-state index contributed by atoms with van der Waals surface area (Å²) < 4.78 is 5.29. The number of hydrogen-bond donors (Lipinski definition) is 0. The van der Waals surface area contributed by atoms with Crippen LogP contribution in [0.2, 0.25) is 0 Å². The van der Waals surface area contributed by atoms with Crippen molar-refractivity contribution in [1.82, 2.24) is 20.0 Å². The number of hydrogen-bond acceptors (Lipinski definition) is 7. The van der Waals surface area contributed by atoms with Crippen LogP contribution in [0, 0.1) is 5.92 Å². The fourth-order valence-corrected chi connectivity index (χ4v) is 4.85. The molecule has 4 rings (SSSR count). The van der Waals surface area contributed by atoms with Crippen molar-refractivity contribution in [3.63, 3.8) is 0 Å². The number of thiophene rings is 1. The molecule has 0 radical (unpaired) electrons. The third-order valence-electron chi connectivity index (χ3n) is 6.55. The van der Waals surface area contributed by atoms with Gasteiger partial charge in [-0.1, -0.05) is 38.5 Å². The Labute approximate surface area is 216 Å². The zero-order chi connectivity index (χ0) is 25.5. The zero-order valence-electron chi connectivity index (χ0n) is 21.1. The molecule has 3 aromatic rings. The predicted molar refractivity (Wildman–Crippen MR) is 142 cm³/mol. The summed E-state index contributed by atoms with van der Waals surface area (Å²) in [6, 6.07) is 15.3. The maximum absolute atomic E-state index is 13.1. The molecule has 0 aliphatic carbocycles. The van der Waals surface area contributed by atoms with Crippen molar-refractivity contribution in [3.8, 4) is 17.0 Å². The van der Waals surface area contributed by atoms with Crippen LogP contribution in [0.5, 0.6) is 5.75 Å². The van der Waals surface area contributed by atoms with Gasteiger partial charge in [-0.05, 0) is 41.6 Å². The molecule has 0 spiro atoms. The largest absolute Gasteiger partial charge is 0.497 e. The number of aromatic nitrogens is 2. The number of piperazine rings is 1. The third-order valence-corrected chi connectivity index (χ3v) is 7.40. The van der Waals surface area contributed by atoms with Crippen LogP contribution < -0.4 is 9.64 Å². The van der Waals surface area contributed by atoms with Gasteiger partial charge in [0.2, 0.25) is 5.91 Å². The second-order valence-electron chi connectivity index (χ2n) is 9.05. The summed E-state index contributed by atoms with van der Waals surface area (Å²) >= 11 is 1.41. The highest BCUT2D eigenvalue weighted by molar-refractivity contribution is 7.12. The topological polar surface area (TPSA) is 78.9 Å². The van der Waals surface area contributed by atoms with Crippen LogP contribution in [0.15, 0.2) is 53.9 Å². The van der Waals surface area contributed by atoms with Crippen molar-refractivity contribution in [1.29, 1.82) is 0 Å². The number of ether oxygens (including phenoxy) is 1. The zero-order valence-corrected chi connectivity index (χ0v) is 21.9. The van der Waals surface area contributed by atoms with Crippen molar-refractivity contribution in [2.75, 3.05) is 51.3 Å². The summed E-state index contributed by atoms with van der Waals surface area (Å²) in [4.78, 5) is 32.5. The number of benzene rings is 1. The Balaban J connectivity index is 1.34. The Morgan fingerprint density at radius 3 is 2.53 bits per heavy atom. The van der Waals surface area contributed by atoms with Crippen LogP contribution in [-0.2, 0) is 4.79 Å². The Hall–Kier alpha value is -3.46. The number of methoxy groups -OCH3 is 1. The molecule has 0 N–H and O–H groups in total. The van der Waals surface area contributed by atoms with E-state index < -0.39 is 0 Å². The normalized spacial score (nSPS) is 14.4. The minimum Gasteiger partial charge on any atom is -0.497 e. The molecule has 3 heterocycles. The Kier molecular flexibility index (Phi) is 8.53. The molecule has 1 aliphatic heterocycles. The SMILES string of the molecule is CC[C@@H](C)CN(CC(=O)N1CCN(c2ccc(-c3cccc(OC)c3)nn2)CC1)C(=O)c1cccs1. The van der Waals surface area contributed by atoms with E-state index in [2.05, 4.69) is 28.9 Å². The van der Waals surface area contributed by atoms with E-state index in [0.29, 0.717) is 43.5 Å². The van der Waals surface area contributed by atoms with Crippen molar-refractivity contribution in [3.05, 3.63) is 58.8 Å². The van der Waals surface area contributed by atoms with Gasteiger partial charge in [-0.25, -0.2) is 0 Å². The maximum Gasteiger partial charge on any atom is 0.264 e. The lowest BCUT2D eigenvalue weighted by Crippen LogP contribution is -2.52. The lowest BCUT2D eigenvalue weighted by atomic mass is 10.1. The molecule has 0 unspecified atom stereocenters. The first kappa shape index (κ1) is 25.6. The molecule has 1 aromatic carbocycles. The van der Waals surface area contributed by atoms with E-state index in [1.54, 1.807) is 12.0 Å². The molecule has 190 valence electrons. The van der Waals surface area contributed by atoms with E-state index in [9.17, 15) is 9.59 Å². The number of carbonyl (C=O) groups is 2. The van der Waals surface area contributed by atoms with Crippen molar-refractivity contribution in [2.45, 2.75) is 20.3 Å². The molecule has 1 aliphatic rings. The number of rotatable bonds is 9. The molecule has 9 heteroatoms. The highest BCUT2D eigenvalue weighted by Crippen LogP contribution is 2.23. The summed E-state index contributed by atoms with van der Waals surface area (Å²) in [6.07, 6.45) is 0.957. The van der Waals surface area contributed by atoms with E-state index in [4.69, 9.17) is 4.74 Å². The van der Waals surface area contributed by atoms with Gasteiger partial charge in [-0.2, -0.15) is 0 Å². The number of amides is 2. The molecule has 1 atom stereocenters. The quantitative estimate of drug-likeness (QED) is 0.435. The molecule has 8 nitrogen and oxygen atoms in total. The minimum absolute atomic E-state index is 0.0117. The smallest absolute Gasteiger partial charge is 0.264 e. The second kappa shape index (κ2) is 12.0. The van der Waals surface area contributed by atoms with Gasteiger partial charge in [0.1, 0.15) is 12.3 Å². The van der Waals surface area contributed by atoms with Crippen molar-refractivity contribution < 1.29 is 14.3 Å². The van der Waals surface area contributed by atoms with E-state index in [1.165, 1.54) is 11.3 Å². The lowest BCUT2D eigenvalue weighted by Gasteiger charge is -2.36. The second-order valence-corrected chi connectivity index (χ2v) is 10.0.